The molecule has 0 saturated carbocycles. The molecule has 1 unspecified atom stereocenters. The SMILES string of the molecule is C=CCOC[C@H]1SC(O)(c2cc(Cc3ccc(C)cc3)c(Cl)cc2OCC=C)[C@H](OCC=C)[C@@H](OCC=C)[C@H]1OCC=C. The summed E-state index contributed by atoms with van der Waals surface area (Å²) in [6.07, 6.45) is 6.70. The highest BCUT2D eigenvalue weighted by Crippen LogP contribution is 2.53. The molecule has 0 amide bonds. The number of ether oxygens (including phenoxy) is 5. The maximum absolute atomic E-state index is 12.9. The van der Waals surface area contributed by atoms with Crippen LogP contribution in [0.2, 0.25) is 5.02 Å². The first-order valence-electron chi connectivity index (χ1n) is 14.2. The molecule has 1 heterocycles. The van der Waals surface area contributed by atoms with Gasteiger partial charge in [0.25, 0.3) is 0 Å². The van der Waals surface area contributed by atoms with Crippen molar-refractivity contribution in [1.29, 1.82) is 0 Å². The molecule has 232 valence electrons. The minimum Gasteiger partial charge on any atom is -0.489 e. The fourth-order valence-corrected chi connectivity index (χ4v) is 6.75. The lowest BCUT2D eigenvalue weighted by atomic mass is 9.91. The minimum absolute atomic E-state index is 0.167. The van der Waals surface area contributed by atoms with Gasteiger partial charge in [0.15, 0.2) is 4.93 Å². The van der Waals surface area contributed by atoms with Gasteiger partial charge in [0, 0.05) is 10.6 Å². The van der Waals surface area contributed by atoms with E-state index in [0.29, 0.717) is 29.4 Å². The third-order valence-electron chi connectivity index (χ3n) is 6.84. The van der Waals surface area contributed by atoms with E-state index in [4.69, 9.17) is 35.3 Å². The standard InChI is InChI=1S/C35H43ClO6S/c1-7-16-38-24-31-32(40-18-9-3)33(41-19-10-4)34(42-20-11-5)35(37,43-31)28-22-27(21-26-14-12-25(6)13-15-26)29(36)23-30(28)39-17-8-2/h7-15,22-23,31-34,37H,1-5,16-21,24H2,6H3/t31-,32+,33+,34-,35?/m1/s1. The lowest BCUT2D eigenvalue weighted by molar-refractivity contribution is -0.180. The molecule has 2 aromatic carbocycles. The number of halogens is 1. The largest absolute Gasteiger partial charge is 0.489 e. The molecule has 1 N–H and O–H groups in total. The summed E-state index contributed by atoms with van der Waals surface area (Å²) in [7, 11) is 0. The second-order valence-electron chi connectivity index (χ2n) is 10.1. The van der Waals surface area contributed by atoms with E-state index in [2.05, 4.69) is 57.2 Å². The van der Waals surface area contributed by atoms with Crippen LogP contribution in [0.1, 0.15) is 22.3 Å². The van der Waals surface area contributed by atoms with Gasteiger partial charge in [0.2, 0.25) is 0 Å². The Kier molecular flexibility index (Phi) is 14.3. The number of thioether (sulfide) groups is 1. The third kappa shape index (κ3) is 9.19. The van der Waals surface area contributed by atoms with E-state index in [1.165, 1.54) is 17.3 Å². The van der Waals surface area contributed by atoms with Crippen molar-refractivity contribution in [3.05, 3.63) is 127 Å². The fraction of sp³-hybridized carbons (Fsp3) is 0.371. The molecule has 0 radical (unpaired) electrons. The smallest absolute Gasteiger partial charge is 0.168 e. The van der Waals surface area contributed by atoms with Gasteiger partial charge >= 0.3 is 0 Å². The van der Waals surface area contributed by atoms with Crippen LogP contribution < -0.4 is 4.74 Å². The van der Waals surface area contributed by atoms with Crippen LogP contribution in [0.3, 0.4) is 0 Å². The maximum atomic E-state index is 12.9. The summed E-state index contributed by atoms with van der Waals surface area (Å²) in [5.74, 6) is 0.415. The highest BCUT2D eigenvalue weighted by molar-refractivity contribution is 8.00. The van der Waals surface area contributed by atoms with E-state index in [0.717, 1.165) is 11.1 Å². The van der Waals surface area contributed by atoms with Gasteiger partial charge in [-0.3, -0.25) is 0 Å². The Morgan fingerprint density at radius 2 is 1.44 bits per heavy atom. The topological polar surface area (TPSA) is 66.4 Å². The van der Waals surface area contributed by atoms with Crippen LogP contribution in [0.4, 0.5) is 0 Å². The highest BCUT2D eigenvalue weighted by atomic mass is 35.5. The molecule has 0 aliphatic carbocycles. The molecule has 0 spiro atoms. The second kappa shape index (κ2) is 17.6. The van der Waals surface area contributed by atoms with Crippen LogP contribution >= 0.6 is 23.4 Å². The summed E-state index contributed by atoms with van der Waals surface area (Å²) >= 11 is 8.11. The second-order valence-corrected chi connectivity index (χ2v) is 12.0. The molecule has 1 fully saturated rings. The lowest BCUT2D eigenvalue weighted by Crippen LogP contribution is -2.61. The van der Waals surface area contributed by atoms with Gasteiger partial charge < -0.3 is 28.8 Å². The summed E-state index contributed by atoms with van der Waals surface area (Å²) in [6, 6.07) is 11.9. The monoisotopic (exact) mass is 626 g/mol. The molecule has 43 heavy (non-hydrogen) atoms. The number of aryl methyl sites for hydroxylation is 1. The molecule has 1 saturated heterocycles. The Labute approximate surface area is 265 Å². The first-order chi connectivity index (χ1) is 20.8. The van der Waals surface area contributed by atoms with Crippen LogP contribution in [0.25, 0.3) is 0 Å². The zero-order chi connectivity index (χ0) is 31.2. The average molecular weight is 627 g/mol. The Morgan fingerprint density at radius 1 is 0.837 bits per heavy atom. The van der Waals surface area contributed by atoms with Crippen LogP contribution in [0.15, 0.2) is 99.7 Å². The van der Waals surface area contributed by atoms with E-state index in [1.807, 2.05) is 13.0 Å². The fourth-order valence-electron chi connectivity index (χ4n) is 4.92. The van der Waals surface area contributed by atoms with Gasteiger partial charge in [-0.15, -0.1) is 38.1 Å². The van der Waals surface area contributed by atoms with E-state index >= 15 is 0 Å². The number of aliphatic hydroxyl groups is 1. The summed E-state index contributed by atoms with van der Waals surface area (Å²) in [5, 5.41) is 13.0. The van der Waals surface area contributed by atoms with Crippen molar-refractivity contribution in [2.24, 2.45) is 0 Å². The molecule has 1 aliphatic heterocycles. The summed E-state index contributed by atoms with van der Waals surface area (Å²) < 4.78 is 30.9. The predicted molar refractivity (Wildman–Crippen MR) is 177 cm³/mol. The van der Waals surface area contributed by atoms with Gasteiger partial charge in [-0.2, -0.15) is 0 Å². The molecular weight excluding hydrogens is 584 g/mol. The predicted octanol–water partition coefficient (Wildman–Crippen LogP) is 6.98. The zero-order valence-corrected chi connectivity index (χ0v) is 26.5. The molecule has 5 atom stereocenters. The van der Waals surface area contributed by atoms with Gasteiger partial charge in [-0.25, -0.2) is 0 Å². The van der Waals surface area contributed by atoms with Crippen molar-refractivity contribution in [3.8, 4) is 5.75 Å². The van der Waals surface area contributed by atoms with E-state index in [-0.39, 0.29) is 38.3 Å². The quantitative estimate of drug-likeness (QED) is 0.133. The number of hydrogen-bond acceptors (Lipinski definition) is 7. The van der Waals surface area contributed by atoms with Gasteiger partial charge in [-0.05, 0) is 36.6 Å². The Bertz CT molecular complexity index is 1230. The van der Waals surface area contributed by atoms with Crippen molar-refractivity contribution >= 4 is 23.4 Å². The van der Waals surface area contributed by atoms with E-state index in [1.54, 1.807) is 36.4 Å². The number of hydrogen-bond donors (Lipinski definition) is 1. The first-order valence-corrected chi connectivity index (χ1v) is 15.5. The number of rotatable bonds is 19. The van der Waals surface area contributed by atoms with Crippen LogP contribution in [-0.2, 0) is 30.3 Å². The molecule has 0 aromatic heterocycles. The zero-order valence-electron chi connectivity index (χ0n) is 24.9. The number of benzene rings is 2. The molecule has 1 aliphatic rings. The summed E-state index contributed by atoms with van der Waals surface area (Å²) in [5.41, 5.74) is 3.59. The van der Waals surface area contributed by atoms with Crippen molar-refractivity contribution in [2.75, 3.05) is 39.6 Å². The first kappa shape index (κ1) is 34.9. The Morgan fingerprint density at radius 3 is 2.07 bits per heavy atom. The Hall–Kier alpha value is -2.62. The molecule has 8 heteroatoms. The van der Waals surface area contributed by atoms with Crippen molar-refractivity contribution in [1.82, 2.24) is 0 Å². The van der Waals surface area contributed by atoms with Gasteiger partial charge in [0.1, 0.15) is 30.7 Å². The lowest BCUT2D eigenvalue weighted by Gasteiger charge is -2.50. The highest BCUT2D eigenvalue weighted by Gasteiger charge is 2.57. The summed E-state index contributed by atoms with van der Waals surface area (Å²) in [4.78, 5) is -1.67. The minimum atomic E-state index is -1.67. The molecule has 2 aromatic rings. The van der Waals surface area contributed by atoms with Crippen molar-refractivity contribution in [3.63, 3.8) is 0 Å². The normalized spacial score (nSPS) is 23.3. The third-order valence-corrected chi connectivity index (χ3v) is 8.71. The molecular formula is C35H43ClO6S. The van der Waals surface area contributed by atoms with Crippen LogP contribution in [0, 0.1) is 6.92 Å². The molecule has 6 nitrogen and oxygen atoms in total. The van der Waals surface area contributed by atoms with E-state index < -0.39 is 23.2 Å². The van der Waals surface area contributed by atoms with E-state index in [9.17, 15) is 5.11 Å². The van der Waals surface area contributed by atoms with Crippen molar-refractivity contribution in [2.45, 2.75) is 41.8 Å². The molecule has 0 bridgehead atoms. The maximum Gasteiger partial charge on any atom is 0.168 e. The van der Waals surface area contributed by atoms with Crippen LogP contribution in [0.5, 0.6) is 5.75 Å². The van der Waals surface area contributed by atoms with Crippen molar-refractivity contribution < 1.29 is 28.8 Å². The molecule has 3 rings (SSSR count). The summed E-state index contributed by atoms with van der Waals surface area (Å²) in [6.45, 7) is 22.5. The van der Waals surface area contributed by atoms with Gasteiger partial charge in [-0.1, -0.05) is 78.4 Å². The average Bonchev–Trinajstić information content (AvgIpc) is 3.00. The Balaban J connectivity index is 2.21. The van der Waals surface area contributed by atoms with Crippen LogP contribution in [-0.4, -0.2) is 68.3 Å². The van der Waals surface area contributed by atoms with Gasteiger partial charge in [0.05, 0.1) is 38.3 Å².